The minimum absolute atomic E-state index is 0.778. The van der Waals surface area contributed by atoms with Crippen LogP contribution in [0.1, 0.15) is 9.75 Å². The van der Waals surface area contributed by atoms with Gasteiger partial charge in [0.2, 0.25) is 0 Å². The van der Waals surface area contributed by atoms with Crippen molar-refractivity contribution in [2.45, 2.75) is 13.5 Å². The molecule has 0 fully saturated rings. The zero-order valence-corrected chi connectivity index (χ0v) is 12.5. The second-order valence-corrected chi connectivity index (χ2v) is 6.52. The van der Waals surface area contributed by atoms with Gasteiger partial charge in [-0.15, -0.1) is 11.3 Å². The van der Waals surface area contributed by atoms with Crippen molar-refractivity contribution in [1.29, 1.82) is 0 Å². The van der Waals surface area contributed by atoms with Gasteiger partial charge in [-0.3, -0.25) is 0 Å². The van der Waals surface area contributed by atoms with Crippen molar-refractivity contribution < 1.29 is 0 Å². The first kappa shape index (κ1) is 12.2. The van der Waals surface area contributed by atoms with Gasteiger partial charge >= 0.3 is 0 Å². The summed E-state index contributed by atoms with van der Waals surface area (Å²) in [7, 11) is 0. The predicted octanol–water partition coefficient (Wildman–Crippen LogP) is 4.93. The van der Waals surface area contributed by atoms with Crippen LogP contribution in [0.2, 0.25) is 5.02 Å². The van der Waals surface area contributed by atoms with Crippen LogP contribution in [-0.2, 0) is 6.54 Å². The topological polar surface area (TPSA) is 12.0 Å². The van der Waals surface area contributed by atoms with Gasteiger partial charge < -0.3 is 5.32 Å². The van der Waals surface area contributed by atoms with Crippen molar-refractivity contribution in [1.82, 2.24) is 0 Å². The molecule has 84 valence electrons. The molecule has 0 atom stereocenters. The molecule has 0 saturated carbocycles. The van der Waals surface area contributed by atoms with Gasteiger partial charge in [0.05, 0.1) is 10.7 Å². The number of thiophene rings is 1. The number of nitrogens with one attached hydrogen (secondary N) is 1. The molecule has 0 aliphatic carbocycles. The average Bonchev–Trinajstić information content (AvgIpc) is 2.63. The lowest BCUT2D eigenvalue weighted by Gasteiger charge is -2.07. The molecule has 0 spiro atoms. The Hall–Kier alpha value is -0.260. The third-order valence-corrected chi connectivity index (χ3v) is 4.16. The Kier molecular flexibility index (Phi) is 4.10. The number of benzene rings is 1. The van der Waals surface area contributed by atoms with Crippen molar-refractivity contribution in [2.24, 2.45) is 0 Å². The largest absolute Gasteiger partial charge is 0.379 e. The number of rotatable bonds is 3. The normalized spacial score (nSPS) is 10.4. The van der Waals surface area contributed by atoms with Crippen LogP contribution in [0.15, 0.2) is 30.3 Å². The van der Waals surface area contributed by atoms with Crippen molar-refractivity contribution in [3.8, 4) is 0 Å². The molecule has 1 nitrogen and oxygen atoms in total. The first-order valence-corrected chi connectivity index (χ1v) is 7.17. The highest BCUT2D eigenvalue weighted by Gasteiger charge is 2.01. The van der Waals surface area contributed by atoms with Crippen LogP contribution in [-0.4, -0.2) is 0 Å². The fraction of sp³-hybridized carbons (Fsp3) is 0.167. The maximum atomic E-state index is 6.14. The molecule has 2 aromatic rings. The van der Waals surface area contributed by atoms with Gasteiger partial charge in [0, 0.05) is 19.9 Å². The second-order valence-electron chi connectivity index (χ2n) is 3.49. The van der Waals surface area contributed by atoms with E-state index in [1.54, 1.807) is 0 Å². The molecule has 0 aliphatic rings. The maximum absolute atomic E-state index is 6.14. The van der Waals surface area contributed by atoms with Crippen molar-refractivity contribution >= 4 is 51.2 Å². The minimum atomic E-state index is 0.778. The third-order valence-electron chi connectivity index (χ3n) is 2.18. The quantitative estimate of drug-likeness (QED) is 0.763. The number of anilines is 1. The average molecular weight is 364 g/mol. The molecular weight excluding hydrogens is 353 g/mol. The summed E-state index contributed by atoms with van der Waals surface area (Å²) in [6, 6.07) is 10.3. The predicted molar refractivity (Wildman–Crippen MR) is 80.6 cm³/mol. The molecule has 0 aliphatic heterocycles. The molecule has 2 rings (SSSR count). The Morgan fingerprint density at radius 2 is 2.12 bits per heavy atom. The Bertz CT molecular complexity index is 496. The highest BCUT2D eigenvalue weighted by atomic mass is 127. The minimum Gasteiger partial charge on any atom is -0.379 e. The summed E-state index contributed by atoms with van der Waals surface area (Å²) in [5.74, 6) is 0. The SMILES string of the molecule is Cc1ccc(CNc2ccc(I)cc2Cl)s1. The van der Waals surface area contributed by atoms with Crippen molar-refractivity contribution in [3.63, 3.8) is 0 Å². The zero-order valence-electron chi connectivity index (χ0n) is 8.76. The molecule has 0 radical (unpaired) electrons. The van der Waals surface area contributed by atoms with Crippen LogP contribution in [0.25, 0.3) is 0 Å². The summed E-state index contributed by atoms with van der Waals surface area (Å²) >= 11 is 10.2. The van der Waals surface area contributed by atoms with E-state index in [0.29, 0.717) is 0 Å². The van der Waals surface area contributed by atoms with E-state index in [1.165, 1.54) is 9.75 Å². The Morgan fingerprint density at radius 1 is 1.31 bits per heavy atom. The van der Waals surface area contributed by atoms with Crippen LogP contribution in [0, 0.1) is 10.5 Å². The lowest BCUT2D eigenvalue weighted by atomic mass is 10.3. The van der Waals surface area contributed by atoms with E-state index < -0.39 is 0 Å². The zero-order chi connectivity index (χ0) is 11.5. The van der Waals surface area contributed by atoms with Crippen LogP contribution in [0.5, 0.6) is 0 Å². The fourth-order valence-corrected chi connectivity index (χ4v) is 3.15. The molecule has 0 saturated heterocycles. The summed E-state index contributed by atoms with van der Waals surface area (Å²) in [6.45, 7) is 2.95. The second kappa shape index (κ2) is 5.38. The summed E-state index contributed by atoms with van der Waals surface area (Å²) < 4.78 is 1.15. The van der Waals surface area contributed by atoms with Crippen molar-refractivity contribution in [2.75, 3.05) is 5.32 Å². The Balaban J connectivity index is 2.04. The Labute approximate surface area is 118 Å². The van der Waals surface area contributed by atoms with E-state index >= 15 is 0 Å². The number of hydrogen-bond donors (Lipinski definition) is 1. The van der Waals surface area contributed by atoms with E-state index in [1.807, 2.05) is 23.5 Å². The van der Waals surface area contributed by atoms with E-state index in [-0.39, 0.29) is 0 Å². The van der Waals surface area contributed by atoms with Crippen LogP contribution >= 0.6 is 45.5 Å². The summed E-state index contributed by atoms with van der Waals surface area (Å²) in [6.07, 6.45) is 0. The van der Waals surface area contributed by atoms with Gasteiger partial charge in [0.1, 0.15) is 0 Å². The molecule has 4 heteroatoms. The van der Waals surface area contributed by atoms with Gasteiger partial charge in [-0.05, 0) is 59.8 Å². The lowest BCUT2D eigenvalue weighted by molar-refractivity contribution is 1.19. The number of hydrogen-bond acceptors (Lipinski definition) is 2. The highest BCUT2D eigenvalue weighted by molar-refractivity contribution is 14.1. The van der Waals surface area contributed by atoms with Crippen LogP contribution in [0.4, 0.5) is 5.69 Å². The molecule has 0 bridgehead atoms. The molecule has 1 aromatic carbocycles. The first-order chi connectivity index (χ1) is 7.65. The maximum Gasteiger partial charge on any atom is 0.0648 e. The van der Waals surface area contributed by atoms with E-state index in [0.717, 1.165) is 20.8 Å². The summed E-state index contributed by atoms with van der Waals surface area (Å²) in [4.78, 5) is 2.66. The number of aryl methyl sites for hydroxylation is 1. The highest BCUT2D eigenvalue weighted by Crippen LogP contribution is 2.25. The Morgan fingerprint density at radius 3 is 2.75 bits per heavy atom. The first-order valence-electron chi connectivity index (χ1n) is 4.89. The molecule has 1 heterocycles. The third kappa shape index (κ3) is 3.12. The van der Waals surface area contributed by atoms with Gasteiger partial charge in [0.15, 0.2) is 0 Å². The summed E-state index contributed by atoms with van der Waals surface area (Å²) in [5.41, 5.74) is 0.994. The molecular formula is C12H11ClINS. The standard InChI is InChI=1S/C12H11ClINS/c1-8-2-4-10(16-8)7-15-12-5-3-9(14)6-11(12)13/h2-6,15H,7H2,1H3. The van der Waals surface area contributed by atoms with E-state index in [4.69, 9.17) is 11.6 Å². The monoisotopic (exact) mass is 363 g/mol. The molecule has 0 unspecified atom stereocenters. The molecule has 1 aromatic heterocycles. The number of halogens is 2. The van der Waals surface area contributed by atoms with Crippen LogP contribution in [0.3, 0.4) is 0 Å². The van der Waals surface area contributed by atoms with Gasteiger partial charge in [0.25, 0.3) is 0 Å². The summed E-state index contributed by atoms with van der Waals surface area (Å²) in [5, 5.41) is 4.12. The molecule has 16 heavy (non-hydrogen) atoms. The molecule has 0 amide bonds. The smallest absolute Gasteiger partial charge is 0.0648 e. The van der Waals surface area contributed by atoms with Gasteiger partial charge in [-0.2, -0.15) is 0 Å². The van der Waals surface area contributed by atoms with Gasteiger partial charge in [-0.1, -0.05) is 11.6 Å². The van der Waals surface area contributed by atoms with Gasteiger partial charge in [-0.25, -0.2) is 0 Å². The fourth-order valence-electron chi connectivity index (χ4n) is 1.40. The van der Waals surface area contributed by atoms with E-state index in [9.17, 15) is 0 Å². The van der Waals surface area contributed by atoms with Crippen molar-refractivity contribution in [3.05, 3.63) is 48.7 Å². The van der Waals surface area contributed by atoms with E-state index in [2.05, 4.69) is 53.0 Å². The molecule has 1 N–H and O–H groups in total. The van der Waals surface area contributed by atoms with Crippen LogP contribution < -0.4 is 5.32 Å². The lowest BCUT2D eigenvalue weighted by Crippen LogP contribution is -1.97.